The average molecular weight is 517 g/mol. The summed E-state index contributed by atoms with van der Waals surface area (Å²) in [7, 11) is 0. The van der Waals surface area contributed by atoms with Gasteiger partial charge in [0.05, 0.1) is 18.3 Å². The SMILES string of the molecule is Cc1[nH]nc(C2CC2)c1-c1ccc(NC(=O)[C@@H](NC(=O)c2ccnn2[C@@H](C)CO)C(C2CC2)C2CC2)cc1. The van der Waals surface area contributed by atoms with Crippen molar-refractivity contribution in [3.8, 4) is 11.1 Å². The number of amides is 2. The van der Waals surface area contributed by atoms with Gasteiger partial charge in [-0.2, -0.15) is 10.2 Å². The number of carbonyl (C=O) groups is 2. The molecule has 0 bridgehead atoms. The number of nitrogens with one attached hydrogen (secondary N) is 3. The molecule has 0 unspecified atom stereocenters. The maximum atomic E-state index is 13.7. The zero-order valence-electron chi connectivity index (χ0n) is 22.0. The maximum absolute atomic E-state index is 13.7. The molecule has 3 aromatic rings. The van der Waals surface area contributed by atoms with Crippen molar-refractivity contribution in [3.63, 3.8) is 0 Å². The number of nitrogens with zero attached hydrogens (tertiary/aromatic N) is 3. The molecular weight excluding hydrogens is 480 g/mol. The molecule has 38 heavy (non-hydrogen) atoms. The first-order valence-electron chi connectivity index (χ1n) is 13.9. The summed E-state index contributed by atoms with van der Waals surface area (Å²) in [5.74, 6) is 1.07. The molecule has 200 valence electrons. The molecule has 9 nitrogen and oxygen atoms in total. The zero-order valence-corrected chi connectivity index (χ0v) is 22.0. The molecule has 2 aromatic heterocycles. The van der Waals surface area contributed by atoms with Gasteiger partial charge in [0, 0.05) is 29.1 Å². The van der Waals surface area contributed by atoms with E-state index in [1.54, 1.807) is 19.2 Å². The van der Waals surface area contributed by atoms with E-state index >= 15 is 0 Å². The van der Waals surface area contributed by atoms with Crippen LogP contribution < -0.4 is 10.6 Å². The highest BCUT2D eigenvalue weighted by Crippen LogP contribution is 2.51. The Kier molecular flexibility index (Phi) is 6.55. The fraction of sp³-hybridized carbons (Fsp3) is 0.517. The van der Waals surface area contributed by atoms with Crippen LogP contribution in [-0.2, 0) is 4.79 Å². The zero-order chi connectivity index (χ0) is 26.4. The van der Waals surface area contributed by atoms with Gasteiger partial charge in [-0.25, -0.2) is 0 Å². The van der Waals surface area contributed by atoms with Gasteiger partial charge in [0.1, 0.15) is 11.7 Å². The molecule has 2 amide bonds. The molecule has 0 aliphatic heterocycles. The maximum Gasteiger partial charge on any atom is 0.270 e. The van der Waals surface area contributed by atoms with Gasteiger partial charge in [-0.05, 0) is 93.9 Å². The molecule has 3 aliphatic rings. The standard InChI is InChI=1S/C29H36N6O3/c1-16(15-36)35-23(13-14-30-35)28(37)32-27(25(19-3-4-19)20-5-6-20)29(38)31-22-11-9-18(10-12-22)24-17(2)33-34-26(24)21-7-8-21/h9-14,16,19-21,25,27,36H,3-8,15H2,1-2H3,(H,31,38)(H,32,37)(H,33,34)/t16-,27-/m0/s1. The van der Waals surface area contributed by atoms with Crippen molar-refractivity contribution in [2.45, 2.75) is 70.4 Å². The Morgan fingerprint density at radius 1 is 1.08 bits per heavy atom. The van der Waals surface area contributed by atoms with E-state index in [4.69, 9.17) is 0 Å². The number of carbonyl (C=O) groups excluding carboxylic acids is 2. The summed E-state index contributed by atoms with van der Waals surface area (Å²) in [5, 5.41) is 27.6. The van der Waals surface area contributed by atoms with Crippen molar-refractivity contribution < 1.29 is 14.7 Å². The molecule has 2 heterocycles. The number of hydrogen-bond donors (Lipinski definition) is 4. The van der Waals surface area contributed by atoms with E-state index in [-0.39, 0.29) is 30.4 Å². The minimum atomic E-state index is -0.632. The molecule has 0 radical (unpaired) electrons. The summed E-state index contributed by atoms with van der Waals surface area (Å²) in [4.78, 5) is 27.1. The van der Waals surface area contributed by atoms with Crippen LogP contribution in [0.2, 0.25) is 0 Å². The highest BCUT2D eigenvalue weighted by Gasteiger charge is 2.48. The van der Waals surface area contributed by atoms with E-state index < -0.39 is 6.04 Å². The molecule has 0 saturated heterocycles. The van der Waals surface area contributed by atoms with Crippen LogP contribution in [0, 0.1) is 24.7 Å². The molecule has 3 fully saturated rings. The lowest BCUT2D eigenvalue weighted by Gasteiger charge is -2.28. The van der Waals surface area contributed by atoms with Gasteiger partial charge in [0.15, 0.2) is 0 Å². The third-order valence-electron chi connectivity index (χ3n) is 8.25. The third kappa shape index (κ3) is 4.99. The number of aliphatic hydroxyl groups excluding tert-OH is 1. The van der Waals surface area contributed by atoms with E-state index in [0.29, 0.717) is 29.1 Å². The second-order valence-corrected chi connectivity index (χ2v) is 11.3. The van der Waals surface area contributed by atoms with Crippen molar-refractivity contribution >= 4 is 17.5 Å². The number of aryl methyl sites for hydroxylation is 1. The van der Waals surface area contributed by atoms with E-state index in [1.807, 2.05) is 31.2 Å². The van der Waals surface area contributed by atoms with Crippen LogP contribution in [-0.4, -0.2) is 49.5 Å². The Bertz CT molecular complexity index is 1300. The third-order valence-corrected chi connectivity index (χ3v) is 8.25. The van der Waals surface area contributed by atoms with Crippen LogP contribution in [0.1, 0.15) is 79.3 Å². The van der Waals surface area contributed by atoms with Crippen LogP contribution in [0.4, 0.5) is 5.69 Å². The largest absolute Gasteiger partial charge is 0.394 e. The van der Waals surface area contributed by atoms with E-state index in [0.717, 1.165) is 48.2 Å². The predicted octanol–water partition coefficient (Wildman–Crippen LogP) is 4.19. The highest BCUT2D eigenvalue weighted by molar-refractivity contribution is 6.01. The number of H-pyrrole nitrogens is 1. The minimum Gasteiger partial charge on any atom is -0.394 e. The van der Waals surface area contributed by atoms with Gasteiger partial charge in [0.25, 0.3) is 5.91 Å². The lowest BCUT2D eigenvalue weighted by atomic mass is 9.88. The summed E-state index contributed by atoms with van der Waals surface area (Å²) < 4.78 is 1.51. The first-order chi connectivity index (χ1) is 18.4. The molecular formula is C29H36N6O3. The first-order valence-corrected chi connectivity index (χ1v) is 13.9. The van der Waals surface area contributed by atoms with E-state index in [1.165, 1.54) is 17.5 Å². The number of aliphatic hydroxyl groups is 1. The van der Waals surface area contributed by atoms with Crippen LogP contribution in [0.5, 0.6) is 0 Å². The molecule has 6 rings (SSSR count). The molecule has 3 aliphatic carbocycles. The fourth-order valence-corrected chi connectivity index (χ4v) is 5.77. The lowest BCUT2D eigenvalue weighted by Crippen LogP contribution is -2.50. The number of rotatable bonds is 11. The van der Waals surface area contributed by atoms with Crippen LogP contribution >= 0.6 is 0 Å². The smallest absolute Gasteiger partial charge is 0.270 e. The van der Waals surface area contributed by atoms with Crippen molar-refractivity contribution in [1.29, 1.82) is 0 Å². The van der Waals surface area contributed by atoms with Crippen LogP contribution in [0.25, 0.3) is 11.1 Å². The second kappa shape index (κ2) is 10.0. The Morgan fingerprint density at radius 2 is 1.76 bits per heavy atom. The van der Waals surface area contributed by atoms with Gasteiger partial charge in [0.2, 0.25) is 5.91 Å². The van der Waals surface area contributed by atoms with Gasteiger partial charge in [-0.15, -0.1) is 0 Å². The van der Waals surface area contributed by atoms with Crippen molar-refractivity contribution in [3.05, 3.63) is 53.6 Å². The van der Waals surface area contributed by atoms with Crippen LogP contribution in [0.3, 0.4) is 0 Å². The summed E-state index contributed by atoms with van der Waals surface area (Å²) in [5.41, 5.74) is 5.48. The normalized spacial score (nSPS) is 18.8. The van der Waals surface area contributed by atoms with E-state index in [2.05, 4.69) is 25.9 Å². The van der Waals surface area contributed by atoms with E-state index in [9.17, 15) is 14.7 Å². The summed E-state index contributed by atoms with van der Waals surface area (Å²) >= 11 is 0. The molecule has 0 spiro atoms. The Labute approximate surface area is 222 Å². The number of hydrogen-bond acceptors (Lipinski definition) is 5. The number of aromatic nitrogens is 4. The Morgan fingerprint density at radius 3 is 2.37 bits per heavy atom. The first kappa shape index (κ1) is 24.9. The monoisotopic (exact) mass is 516 g/mol. The lowest BCUT2D eigenvalue weighted by molar-refractivity contribution is -0.119. The Hall–Kier alpha value is -3.46. The van der Waals surface area contributed by atoms with Gasteiger partial charge in [-0.1, -0.05) is 12.1 Å². The highest BCUT2D eigenvalue weighted by atomic mass is 16.3. The topological polar surface area (TPSA) is 125 Å². The number of aromatic amines is 1. The molecule has 4 N–H and O–H groups in total. The molecule has 2 atom stereocenters. The van der Waals surface area contributed by atoms with Crippen molar-refractivity contribution in [2.24, 2.45) is 17.8 Å². The summed E-state index contributed by atoms with van der Waals surface area (Å²) in [6.07, 6.45) is 8.31. The summed E-state index contributed by atoms with van der Waals surface area (Å²) in [6.45, 7) is 3.71. The number of benzene rings is 1. The van der Waals surface area contributed by atoms with Gasteiger partial charge in [-0.3, -0.25) is 19.4 Å². The number of anilines is 1. The quantitative estimate of drug-likeness (QED) is 0.304. The minimum absolute atomic E-state index is 0.125. The summed E-state index contributed by atoms with van der Waals surface area (Å²) in [6, 6.07) is 8.58. The molecule has 9 heteroatoms. The van der Waals surface area contributed by atoms with Gasteiger partial charge < -0.3 is 15.7 Å². The predicted molar refractivity (Wildman–Crippen MR) is 144 cm³/mol. The van der Waals surface area contributed by atoms with Crippen molar-refractivity contribution in [2.75, 3.05) is 11.9 Å². The van der Waals surface area contributed by atoms with Gasteiger partial charge >= 0.3 is 0 Å². The molecule has 3 saturated carbocycles. The fourth-order valence-electron chi connectivity index (χ4n) is 5.77. The Balaban J connectivity index is 1.21. The average Bonchev–Trinajstić information content (AvgIpc) is 3.82. The van der Waals surface area contributed by atoms with Crippen LogP contribution in [0.15, 0.2) is 36.5 Å². The van der Waals surface area contributed by atoms with Crippen molar-refractivity contribution in [1.82, 2.24) is 25.3 Å². The second-order valence-electron chi connectivity index (χ2n) is 11.3. The molecule has 1 aromatic carbocycles.